The summed E-state index contributed by atoms with van der Waals surface area (Å²) in [5, 5.41) is 8.76. The Balaban J connectivity index is 1.20. The molecule has 0 unspecified atom stereocenters. The quantitative estimate of drug-likeness (QED) is 0.185. The summed E-state index contributed by atoms with van der Waals surface area (Å²) in [6.07, 6.45) is 9.21. The van der Waals surface area contributed by atoms with Gasteiger partial charge in [0, 0.05) is 50.6 Å². The Bertz CT molecular complexity index is 2860. The molecule has 269 valence electrons. The Morgan fingerprint density at radius 1 is 0.691 bits per heavy atom. The Hall–Kier alpha value is -5.48. The molecule has 2 aliphatic heterocycles. The lowest BCUT2D eigenvalue weighted by atomic mass is 9.55. The van der Waals surface area contributed by atoms with Crippen LogP contribution in [0.3, 0.4) is 0 Å². The van der Waals surface area contributed by atoms with Gasteiger partial charge in [-0.15, -0.1) is 0 Å². The van der Waals surface area contributed by atoms with Gasteiger partial charge in [0.15, 0.2) is 7.28 Å². The summed E-state index contributed by atoms with van der Waals surface area (Å²) in [7, 11) is 2.47. The molecule has 0 fully saturated rings. The van der Waals surface area contributed by atoms with E-state index >= 15 is 0 Å². The van der Waals surface area contributed by atoms with Gasteiger partial charge >= 0.3 is 0 Å². The zero-order chi connectivity index (χ0) is 37.4. The predicted octanol–water partition coefficient (Wildman–Crippen LogP) is 12.5. The fourth-order valence-corrected chi connectivity index (χ4v) is 10.5. The van der Waals surface area contributed by atoms with E-state index < -0.39 is 0 Å². The third-order valence-corrected chi connectivity index (χ3v) is 13.6. The van der Waals surface area contributed by atoms with Crippen molar-refractivity contribution in [3.63, 3.8) is 0 Å². The van der Waals surface area contributed by atoms with Gasteiger partial charge in [0.1, 0.15) is 11.2 Å². The Labute approximate surface area is 325 Å². The number of rotatable bonds is 3. The number of nitrogens with zero attached hydrogens (tertiary/aromatic N) is 1. The van der Waals surface area contributed by atoms with Crippen LogP contribution in [0.1, 0.15) is 83.9 Å². The number of benzene rings is 6. The number of hydrogen-bond donors (Lipinski definition) is 1. The number of furan rings is 1. The Kier molecular flexibility index (Phi) is 6.76. The van der Waals surface area contributed by atoms with Gasteiger partial charge < -0.3 is 14.6 Å². The van der Waals surface area contributed by atoms with Crippen LogP contribution in [0.15, 0.2) is 131 Å². The first-order valence-corrected chi connectivity index (χ1v) is 20.1. The standard InChI is InChI=1S/C51H46BN2O/c1-49(2)24-25-50(3,4)39-27-31(22-23-36(39)49)53-41-29-45-34(33-16-9-12-21-44(33)55-45)28-35(41)46-32-15-8-7-14-30(32)26-43-47(46)52-40-19-13-18-38-48(40)54(43)42-20-11-10-17-37(42)51(38,5)6/h7-10,12-19,21-23,26-29,53H,11,20,24-25H2,1-6H3. The number of anilines is 4. The van der Waals surface area contributed by atoms with Crippen LogP contribution in [0, 0.1) is 0 Å². The van der Waals surface area contributed by atoms with Gasteiger partial charge in [-0.1, -0.05) is 126 Å². The largest absolute Gasteiger partial charge is 0.456 e. The van der Waals surface area contributed by atoms with Gasteiger partial charge in [0.25, 0.3) is 0 Å². The van der Waals surface area contributed by atoms with Crippen molar-refractivity contribution in [2.24, 2.45) is 0 Å². The van der Waals surface area contributed by atoms with Crippen molar-refractivity contribution in [2.45, 2.75) is 83.5 Å². The van der Waals surface area contributed by atoms with Crippen LogP contribution in [0.2, 0.25) is 0 Å². The maximum Gasteiger partial charge on any atom is 0.197 e. The topological polar surface area (TPSA) is 28.4 Å². The molecule has 3 nitrogen and oxygen atoms in total. The van der Waals surface area contributed by atoms with E-state index in [0.717, 1.165) is 46.2 Å². The minimum absolute atomic E-state index is 0.0811. The van der Waals surface area contributed by atoms with Crippen LogP contribution >= 0.6 is 0 Å². The zero-order valence-corrected chi connectivity index (χ0v) is 32.7. The van der Waals surface area contributed by atoms with E-state index in [1.54, 1.807) is 0 Å². The average molecular weight is 714 g/mol. The average Bonchev–Trinajstić information content (AvgIpc) is 3.54. The molecule has 6 aromatic carbocycles. The van der Waals surface area contributed by atoms with Crippen LogP contribution < -0.4 is 21.1 Å². The second kappa shape index (κ2) is 11.3. The van der Waals surface area contributed by atoms with E-state index in [-0.39, 0.29) is 16.2 Å². The highest BCUT2D eigenvalue weighted by Crippen LogP contribution is 2.53. The van der Waals surface area contributed by atoms with Crippen molar-refractivity contribution in [1.29, 1.82) is 0 Å². The lowest BCUT2D eigenvalue weighted by Crippen LogP contribution is -2.47. The van der Waals surface area contributed by atoms with Crippen LogP contribution in [0.5, 0.6) is 0 Å². The number of allylic oxidation sites excluding steroid dienone is 4. The molecule has 1 aromatic heterocycles. The Morgan fingerprint density at radius 3 is 2.33 bits per heavy atom. The van der Waals surface area contributed by atoms with Crippen LogP contribution in [-0.4, -0.2) is 7.28 Å². The summed E-state index contributed by atoms with van der Waals surface area (Å²) in [6, 6.07) is 38.5. The highest BCUT2D eigenvalue weighted by atomic mass is 16.3. The fraction of sp³-hybridized carbons (Fsp3) is 0.255. The molecule has 0 bridgehead atoms. The van der Waals surface area contributed by atoms with E-state index in [4.69, 9.17) is 4.42 Å². The molecule has 3 heterocycles. The third-order valence-electron chi connectivity index (χ3n) is 13.6. The van der Waals surface area contributed by atoms with E-state index in [1.165, 1.54) is 85.0 Å². The molecule has 0 saturated heterocycles. The molecule has 55 heavy (non-hydrogen) atoms. The second-order valence-electron chi connectivity index (χ2n) is 18.2. The molecule has 7 aromatic rings. The van der Waals surface area contributed by atoms with Crippen molar-refractivity contribution in [2.75, 3.05) is 10.2 Å². The molecule has 4 heteroatoms. The molecular weight excluding hydrogens is 667 g/mol. The fourth-order valence-electron chi connectivity index (χ4n) is 10.5. The highest BCUT2D eigenvalue weighted by molar-refractivity contribution is 6.73. The summed E-state index contributed by atoms with van der Waals surface area (Å²) in [6.45, 7) is 14.4. The van der Waals surface area contributed by atoms with E-state index in [2.05, 4.69) is 174 Å². The van der Waals surface area contributed by atoms with Crippen LogP contribution in [0.4, 0.5) is 22.7 Å². The molecule has 2 aliphatic carbocycles. The summed E-state index contributed by atoms with van der Waals surface area (Å²) >= 11 is 0. The number of para-hydroxylation sites is 2. The van der Waals surface area contributed by atoms with Crippen molar-refractivity contribution in [1.82, 2.24) is 0 Å². The molecule has 0 spiro atoms. The molecule has 4 aliphatic rings. The molecule has 11 rings (SSSR count). The minimum atomic E-state index is -0.0811. The van der Waals surface area contributed by atoms with Crippen molar-refractivity contribution in [3.05, 3.63) is 143 Å². The van der Waals surface area contributed by atoms with E-state index in [1.807, 2.05) is 0 Å². The van der Waals surface area contributed by atoms with Crippen molar-refractivity contribution < 1.29 is 4.42 Å². The molecule has 0 atom stereocenters. The molecule has 1 radical (unpaired) electrons. The smallest absolute Gasteiger partial charge is 0.197 e. The van der Waals surface area contributed by atoms with Gasteiger partial charge in [-0.25, -0.2) is 0 Å². The maximum atomic E-state index is 6.58. The first kappa shape index (κ1) is 32.9. The zero-order valence-electron chi connectivity index (χ0n) is 32.7. The lowest BCUT2D eigenvalue weighted by molar-refractivity contribution is 0.332. The maximum absolute atomic E-state index is 6.58. The lowest BCUT2D eigenvalue weighted by Gasteiger charge is -2.48. The van der Waals surface area contributed by atoms with Crippen LogP contribution in [0.25, 0.3) is 43.8 Å². The minimum Gasteiger partial charge on any atom is -0.456 e. The summed E-state index contributed by atoms with van der Waals surface area (Å²) in [5.41, 5.74) is 18.8. The Morgan fingerprint density at radius 2 is 1.47 bits per heavy atom. The molecule has 0 saturated carbocycles. The van der Waals surface area contributed by atoms with Crippen molar-refractivity contribution >= 4 is 73.7 Å². The summed E-state index contributed by atoms with van der Waals surface area (Å²) in [5.74, 6) is 0. The highest BCUT2D eigenvalue weighted by Gasteiger charge is 2.43. The third kappa shape index (κ3) is 4.70. The van der Waals surface area contributed by atoms with E-state index in [0.29, 0.717) is 0 Å². The number of nitrogens with one attached hydrogen (secondary N) is 1. The van der Waals surface area contributed by atoms with Crippen LogP contribution in [-0.2, 0) is 16.2 Å². The number of fused-ring (bicyclic) bond motifs is 8. The van der Waals surface area contributed by atoms with Gasteiger partial charge in [-0.05, 0) is 111 Å². The monoisotopic (exact) mass is 713 g/mol. The summed E-state index contributed by atoms with van der Waals surface area (Å²) < 4.78 is 6.58. The van der Waals surface area contributed by atoms with Gasteiger partial charge in [0.05, 0.1) is 5.69 Å². The molecule has 1 N–H and O–H groups in total. The van der Waals surface area contributed by atoms with Gasteiger partial charge in [-0.2, -0.15) is 0 Å². The first-order chi connectivity index (χ1) is 26.5. The SMILES string of the molecule is CC1(C)CCC(C)(C)c2cc(Nc3cc4oc5ccccc5c4cc3-c3c4c(cc5ccccc35)N3C5=C(C=CCC5)C(C)(C)c5cccc(c53)[B]4)ccc21. The molecular formula is C51H46BN2O. The van der Waals surface area contributed by atoms with Crippen molar-refractivity contribution in [3.8, 4) is 11.1 Å². The summed E-state index contributed by atoms with van der Waals surface area (Å²) in [4.78, 5) is 2.63. The van der Waals surface area contributed by atoms with Gasteiger partial charge in [-0.3, -0.25) is 0 Å². The first-order valence-electron chi connectivity index (χ1n) is 20.1. The normalized spacial score (nSPS) is 18.5. The molecule has 0 amide bonds. The number of hydrogen-bond acceptors (Lipinski definition) is 3. The van der Waals surface area contributed by atoms with E-state index in [9.17, 15) is 0 Å². The van der Waals surface area contributed by atoms with Gasteiger partial charge in [0.2, 0.25) is 0 Å². The second-order valence-corrected chi connectivity index (χ2v) is 18.2. The predicted molar refractivity (Wildman–Crippen MR) is 234 cm³/mol.